The van der Waals surface area contributed by atoms with E-state index in [9.17, 15) is 0 Å². The Kier molecular flexibility index (Phi) is 2.15. The molecule has 2 heterocycles. The number of benzene rings is 1. The number of nitrogens with one attached hydrogen (secondary N) is 1. The summed E-state index contributed by atoms with van der Waals surface area (Å²) < 4.78 is 6.65. The normalized spacial score (nSPS) is 15.3. The zero-order chi connectivity index (χ0) is 10.3. The fraction of sp³-hybridized carbons (Fsp3) is 0.333. The fourth-order valence-electron chi connectivity index (χ4n) is 2.14. The summed E-state index contributed by atoms with van der Waals surface area (Å²) in [7, 11) is 1.72. The van der Waals surface area contributed by atoms with Gasteiger partial charge in [-0.25, -0.2) is 0 Å². The van der Waals surface area contributed by atoms with Crippen molar-refractivity contribution < 1.29 is 4.74 Å². The Morgan fingerprint density at radius 3 is 3.20 bits per heavy atom. The number of thiophene rings is 1. The molecule has 0 bridgehead atoms. The Labute approximate surface area is 92.9 Å². The van der Waals surface area contributed by atoms with Gasteiger partial charge in [0.1, 0.15) is 5.75 Å². The average Bonchev–Trinajstić information content (AvgIpc) is 2.66. The molecule has 0 aliphatic carbocycles. The van der Waals surface area contributed by atoms with Crippen molar-refractivity contribution >= 4 is 21.4 Å². The van der Waals surface area contributed by atoms with Crippen molar-refractivity contribution in [2.75, 3.05) is 13.7 Å². The van der Waals surface area contributed by atoms with Gasteiger partial charge in [0.15, 0.2) is 0 Å². The van der Waals surface area contributed by atoms with Gasteiger partial charge in [0.25, 0.3) is 0 Å². The highest BCUT2D eigenvalue weighted by Gasteiger charge is 2.15. The first-order chi connectivity index (χ1) is 7.38. The van der Waals surface area contributed by atoms with Gasteiger partial charge >= 0.3 is 0 Å². The molecule has 1 N–H and O–H groups in total. The van der Waals surface area contributed by atoms with E-state index in [4.69, 9.17) is 4.74 Å². The molecule has 0 amide bonds. The molecule has 1 aromatic heterocycles. The predicted octanol–water partition coefficient (Wildman–Crippen LogP) is 2.56. The number of hydrogen-bond acceptors (Lipinski definition) is 3. The van der Waals surface area contributed by atoms with Gasteiger partial charge in [-0.05, 0) is 42.1 Å². The Hall–Kier alpha value is -1.06. The van der Waals surface area contributed by atoms with Crippen LogP contribution in [-0.2, 0) is 13.0 Å². The van der Waals surface area contributed by atoms with Gasteiger partial charge in [-0.1, -0.05) is 0 Å². The van der Waals surface area contributed by atoms with E-state index in [1.54, 1.807) is 7.11 Å². The summed E-state index contributed by atoms with van der Waals surface area (Å²) in [5.41, 5.74) is 1.52. The van der Waals surface area contributed by atoms with E-state index in [2.05, 4.69) is 17.4 Å². The van der Waals surface area contributed by atoms with Crippen molar-refractivity contribution in [2.45, 2.75) is 13.0 Å². The van der Waals surface area contributed by atoms with E-state index in [0.29, 0.717) is 0 Å². The number of ether oxygens (including phenoxy) is 1. The Balaban J connectivity index is 2.24. The summed E-state index contributed by atoms with van der Waals surface area (Å²) in [6.07, 6.45) is 1.14. The minimum atomic E-state index is 0.960. The van der Waals surface area contributed by atoms with Crippen LogP contribution in [0.1, 0.15) is 10.4 Å². The molecule has 1 aliphatic heterocycles. The molecule has 2 nitrogen and oxygen atoms in total. The topological polar surface area (TPSA) is 21.3 Å². The van der Waals surface area contributed by atoms with Crippen molar-refractivity contribution in [1.82, 2.24) is 5.32 Å². The minimum Gasteiger partial charge on any atom is -0.497 e. The Bertz CT molecular complexity index is 504. The highest BCUT2D eigenvalue weighted by molar-refractivity contribution is 7.19. The first kappa shape index (κ1) is 9.19. The van der Waals surface area contributed by atoms with Crippen LogP contribution in [0.25, 0.3) is 10.1 Å². The summed E-state index contributed by atoms with van der Waals surface area (Å²) in [6, 6.07) is 6.37. The molecule has 2 aromatic rings. The third-order valence-electron chi connectivity index (χ3n) is 2.92. The number of hydrogen-bond donors (Lipinski definition) is 1. The van der Waals surface area contributed by atoms with Crippen molar-refractivity contribution in [2.24, 2.45) is 0 Å². The maximum Gasteiger partial charge on any atom is 0.119 e. The lowest BCUT2D eigenvalue weighted by atomic mass is 10.0. The Morgan fingerprint density at radius 1 is 1.40 bits per heavy atom. The smallest absolute Gasteiger partial charge is 0.119 e. The molecule has 15 heavy (non-hydrogen) atoms. The van der Waals surface area contributed by atoms with E-state index in [-0.39, 0.29) is 0 Å². The van der Waals surface area contributed by atoms with Gasteiger partial charge in [0.2, 0.25) is 0 Å². The van der Waals surface area contributed by atoms with E-state index >= 15 is 0 Å². The molecule has 1 aliphatic rings. The van der Waals surface area contributed by atoms with Gasteiger partial charge in [-0.15, -0.1) is 11.3 Å². The SMILES string of the molecule is COc1ccc2sc3c(c2c1)CCNC3. The first-order valence-corrected chi connectivity index (χ1v) is 5.99. The lowest BCUT2D eigenvalue weighted by Gasteiger charge is -2.12. The number of methoxy groups -OCH3 is 1. The van der Waals surface area contributed by atoms with Crippen LogP contribution < -0.4 is 10.1 Å². The summed E-state index contributed by atoms with van der Waals surface area (Å²) in [6.45, 7) is 2.12. The lowest BCUT2D eigenvalue weighted by Crippen LogP contribution is -2.21. The Morgan fingerprint density at radius 2 is 2.33 bits per heavy atom. The highest BCUT2D eigenvalue weighted by atomic mass is 32.1. The monoisotopic (exact) mass is 219 g/mol. The molecule has 0 atom stereocenters. The molecule has 78 valence electrons. The van der Waals surface area contributed by atoms with Gasteiger partial charge in [-0.3, -0.25) is 0 Å². The van der Waals surface area contributed by atoms with Crippen LogP contribution in [0.2, 0.25) is 0 Å². The minimum absolute atomic E-state index is 0.960. The number of rotatable bonds is 1. The van der Waals surface area contributed by atoms with Crippen LogP contribution in [0.15, 0.2) is 18.2 Å². The first-order valence-electron chi connectivity index (χ1n) is 5.17. The molecule has 0 radical (unpaired) electrons. The molecule has 0 saturated carbocycles. The van der Waals surface area contributed by atoms with E-state index in [1.807, 2.05) is 17.4 Å². The van der Waals surface area contributed by atoms with Crippen molar-refractivity contribution in [1.29, 1.82) is 0 Å². The molecule has 0 unspecified atom stereocenters. The third-order valence-corrected chi connectivity index (χ3v) is 4.13. The lowest BCUT2D eigenvalue weighted by molar-refractivity contribution is 0.415. The summed E-state index contributed by atoms with van der Waals surface area (Å²) in [4.78, 5) is 1.49. The van der Waals surface area contributed by atoms with Crippen LogP contribution in [0.4, 0.5) is 0 Å². The maximum absolute atomic E-state index is 5.27. The molecule has 0 saturated heterocycles. The van der Waals surface area contributed by atoms with Crippen LogP contribution in [0, 0.1) is 0 Å². The zero-order valence-corrected chi connectivity index (χ0v) is 9.49. The second-order valence-electron chi connectivity index (χ2n) is 3.79. The van der Waals surface area contributed by atoms with Crippen molar-refractivity contribution in [3.63, 3.8) is 0 Å². The molecule has 1 aromatic carbocycles. The summed E-state index contributed by atoms with van der Waals surface area (Å²) in [5.74, 6) is 0.960. The molecular formula is C12H13NOS. The van der Waals surface area contributed by atoms with Gasteiger partial charge in [0, 0.05) is 16.1 Å². The maximum atomic E-state index is 5.27. The average molecular weight is 219 g/mol. The van der Waals surface area contributed by atoms with E-state index in [1.165, 1.54) is 20.5 Å². The predicted molar refractivity (Wildman–Crippen MR) is 63.8 cm³/mol. The number of fused-ring (bicyclic) bond motifs is 3. The third kappa shape index (κ3) is 1.43. The molecule has 3 rings (SSSR count). The zero-order valence-electron chi connectivity index (χ0n) is 8.67. The molecule has 0 fully saturated rings. The molecular weight excluding hydrogens is 206 g/mol. The van der Waals surface area contributed by atoms with Crippen molar-refractivity contribution in [3.05, 3.63) is 28.6 Å². The summed E-state index contributed by atoms with van der Waals surface area (Å²) >= 11 is 1.90. The molecule has 0 spiro atoms. The van der Waals surface area contributed by atoms with E-state index < -0.39 is 0 Å². The van der Waals surface area contributed by atoms with Gasteiger partial charge in [-0.2, -0.15) is 0 Å². The quantitative estimate of drug-likeness (QED) is 0.796. The largest absolute Gasteiger partial charge is 0.497 e. The van der Waals surface area contributed by atoms with E-state index in [0.717, 1.165) is 25.3 Å². The standard InChI is InChI=1S/C12H13NOS/c1-14-8-2-3-11-10(6-8)9-4-5-13-7-12(9)15-11/h2-3,6,13H,4-5,7H2,1H3. The summed E-state index contributed by atoms with van der Waals surface area (Å²) in [5, 5.41) is 4.79. The van der Waals surface area contributed by atoms with Crippen molar-refractivity contribution in [3.8, 4) is 5.75 Å². The second-order valence-corrected chi connectivity index (χ2v) is 4.93. The van der Waals surface area contributed by atoms with Crippen LogP contribution in [0.5, 0.6) is 5.75 Å². The van der Waals surface area contributed by atoms with Crippen LogP contribution >= 0.6 is 11.3 Å². The highest BCUT2D eigenvalue weighted by Crippen LogP contribution is 2.35. The van der Waals surface area contributed by atoms with Crippen LogP contribution in [-0.4, -0.2) is 13.7 Å². The van der Waals surface area contributed by atoms with Crippen LogP contribution in [0.3, 0.4) is 0 Å². The van der Waals surface area contributed by atoms with Gasteiger partial charge < -0.3 is 10.1 Å². The fourth-order valence-corrected chi connectivity index (χ4v) is 3.34. The molecule has 3 heteroatoms. The van der Waals surface area contributed by atoms with Gasteiger partial charge in [0.05, 0.1) is 7.11 Å². The second kappa shape index (κ2) is 3.51.